The molecular weight excluding hydrogens is 420 g/mol. The molecule has 2 heterocycles. The zero-order valence-electron chi connectivity index (χ0n) is 18.7. The molecule has 0 atom stereocenters. The lowest BCUT2D eigenvalue weighted by Crippen LogP contribution is -2.32. The molecule has 2 aromatic heterocycles. The van der Waals surface area contributed by atoms with Crippen molar-refractivity contribution in [1.29, 1.82) is 0 Å². The number of fused-ring (bicyclic) bond motifs is 1. The van der Waals surface area contributed by atoms with Gasteiger partial charge in [-0.1, -0.05) is 12.1 Å². The number of hydrogen-bond donors (Lipinski definition) is 1. The monoisotopic (exact) mass is 446 g/mol. The van der Waals surface area contributed by atoms with Gasteiger partial charge in [0.05, 0.1) is 25.5 Å². The third-order valence-electron chi connectivity index (χ3n) is 5.17. The molecule has 1 amide bonds. The molecule has 2 aromatic carbocycles. The van der Waals surface area contributed by atoms with E-state index in [-0.39, 0.29) is 12.3 Å². The highest BCUT2D eigenvalue weighted by Gasteiger charge is 2.17. The van der Waals surface area contributed by atoms with Gasteiger partial charge in [0.25, 0.3) is 0 Å². The molecule has 0 spiro atoms. The molecule has 0 saturated carbocycles. The third kappa shape index (κ3) is 5.48. The van der Waals surface area contributed by atoms with Gasteiger partial charge in [-0.15, -0.1) is 0 Å². The fraction of sp³-hybridized carbons (Fsp3) is 0.240. The molecule has 1 N–H and O–H groups in total. The molecule has 8 nitrogen and oxygen atoms in total. The van der Waals surface area contributed by atoms with Crippen molar-refractivity contribution in [3.05, 3.63) is 66.9 Å². The number of amides is 1. The maximum atomic E-state index is 12.6. The Morgan fingerprint density at radius 1 is 1.00 bits per heavy atom. The fourth-order valence-electron chi connectivity index (χ4n) is 3.48. The van der Waals surface area contributed by atoms with Gasteiger partial charge < -0.3 is 24.1 Å². The Bertz CT molecular complexity index is 1190. The van der Waals surface area contributed by atoms with Crippen molar-refractivity contribution in [3.8, 4) is 17.3 Å². The maximum Gasteiger partial charge on any atom is 0.226 e. The summed E-state index contributed by atoms with van der Waals surface area (Å²) < 4.78 is 16.0. The molecule has 0 aliphatic heterocycles. The molecule has 4 rings (SSSR count). The number of para-hydroxylation sites is 1. The summed E-state index contributed by atoms with van der Waals surface area (Å²) in [6, 6.07) is 18.7. The number of nitrogens with zero attached hydrogens (tertiary/aromatic N) is 3. The normalized spacial score (nSPS) is 10.8. The van der Waals surface area contributed by atoms with Crippen LogP contribution in [0.1, 0.15) is 6.42 Å². The van der Waals surface area contributed by atoms with Crippen molar-refractivity contribution in [2.75, 3.05) is 44.1 Å². The van der Waals surface area contributed by atoms with Gasteiger partial charge in [-0.2, -0.15) is 0 Å². The summed E-state index contributed by atoms with van der Waals surface area (Å²) in [6.07, 6.45) is 1.88. The summed E-state index contributed by atoms with van der Waals surface area (Å²) >= 11 is 0. The lowest BCUT2D eigenvalue weighted by molar-refractivity contribution is -0.116. The molecule has 0 aliphatic carbocycles. The molecule has 0 saturated heterocycles. The Morgan fingerprint density at radius 2 is 1.82 bits per heavy atom. The van der Waals surface area contributed by atoms with Gasteiger partial charge in [0.1, 0.15) is 11.6 Å². The van der Waals surface area contributed by atoms with Crippen LogP contribution in [0.5, 0.6) is 5.75 Å². The van der Waals surface area contributed by atoms with Crippen LogP contribution in [0.15, 0.2) is 71.3 Å². The first-order valence-electron chi connectivity index (χ1n) is 10.7. The van der Waals surface area contributed by atoms with Crippen LogP contribution in [0.4, 0.5) is 11.5 Å². The first kappa shape index (κ1) is 22.3. The number of nitrogens with one attached hydrogen (secondary N) is 1. The summed E-state index contributed by atoms with van der Waals surface area (Å²) in [5.74, 6) is 2.47. The molecule has 170 valence electrons. The van der Waals surface area contributed by atoms with E-state index >= 15 is 0 Å². The highest BCUT2D eigenvalue weighted by Crippen LogP contribution is 2.28. The van der Waals surface area contributed by atoms with E-state index in [0.717, 1.165) is 28.2 Å². The van der Waals surface area contributed by atoms with Crippen molar-refractivity contribution in [3.63, 3.8) is 0 Å². The largest absolute Gasteiger partial charge is 0.497 e. The standard InChI is InChI=1S/C25H26N4O4/c1-31-17-15-29(14-13-23(30)26-18-9-11-19(32-2)12-10-18)25-20-6-3-4-7-21(20)27-24(28-25)22-8-5-16-33-22/h3-12,16H,13-15,17H2,1-2H3,(H,26,30). The van der Waals surface area contributed by atoms with E-state index in [1.165, 1.54) is 0 Å². The van der Waals surface area contributed by atoms with E-state index in [2.05, 4.69) is 10.3 Å². The lowest BCUT2D eigenvalue weighted by Gasteiger charge is -2.25. The molecule has 0 radical (unpaired) electrons. The number of anilines is 2. The van der Waals surface area contributed by atoms with Crippen molar-refractivity contribution in [2.45, 2.75) is 6.42 Å². The number of benzene rings is 2. The van der Waals surface area contributed by atoms with Crippen LogP contribution in [0.25, 0.3) is 22.5 Å². The average Bonchev–Trinajstić information content (AvgIpc) is 3.39. The van der Waals surface area contributed by atoms with E-state index in [1.54, 1.807) is 26.5 Å². The minimum absolute atomic E-state index is 0.0906. The fourth-order valence-corrected chi connectivity index (χ4v) is 3.48. The zero-order chi connectivity index (χ0) is 23.0. The highest BCUT2D eigenvalue weighted by atomic mass is 16.5. The lowest BCUT2D eigenvalue weighted by atomic mass is 10.2. The van der Waals surface area contributed by atoms with Gasteiger partial charge in [-0.25, -0.2) is 9.97 Å². The Morgan fingerprint density at radius 3 is 2.55 bits per heavy atom. The van der Waals surface area contributed by atoms with Crippen LogP contribution >= 0.6 is 0 Å². The van der Waals surface area contributed by atoms with Crippen molar-refractivity contribution in [1.82, 2.24) is 9.97 Å². The SMILES string of the molecule is COCCN(CCC(=O)Nc1ccc(OC)cc1)c1nc(-c2ccco2)nc2ccccc12. The molecular formula is C25H26N4O4. The average molecular weight is 447 g/mol. The minimum Gasteiger partial charge on any atom is -0.497 e. The van der Waals surface area contributed by atoms with Crippen molar-refractivity contribution < 1.29 is 18.7 Å². The van der Waals surface area contributed by atoms with E-state index in [0.29, 0.717) is 31.3 Å². The second-order valence-electron chi connectivity index (χ2n) is 7.37. The molecule has 0 unspecified atom stereocenters. The Labute approximate surface area is 192 Å². The Kier molecular flexibility index (Phi) is 7.16. The van der Waals surface area contributed by atoms with E-state index in [4.69, 9.17) is 18.9 Å². The number of rotatable bonds is 10. The van der Waals surface area contributed by atoms with Gasteiger partial charge in [-0.3, -0.25) is 4.79 Å². The Hall–Kier alpha value is -3.91. The molecule has 0 fully saturated rings. The third-order valence-corrected chi connectivity index (χ3v) is 5.17. The molecule has 33 heavy (non-hydrogen) atoms. The number of carbonyl (C=O) groups excluding carboxylic acids is 1. The predicted octanol–water partition coefficient (Wildman–Crippen LogP) is 4.38. The van der Waals surface area contributed by atoms with Crippen molar-refractivity contribution in [2.24, 2.45) is 0 Å². The molecule has 8 heteroatoms. The number of carbonyl (C=O) groups is 1. The number of ether oxygens (including phenoxy) is 2. The number of hydrogen-bond acceptors (Lipinski definition) is 7. The maximum absolute atomic E-state index is 12.6. The Balaban J connectivity index is 1.57. The van der Waals surface area contributed by atoms with E-state index in [9.17, 15) is 4.79 Å². The van der Waals surface area contributed by atoms with Crippen LogP contribution in [0.3, 0.4) is 0 Å². The number of methoxy groups -OCH3 is 2. The second kappa shape index (κ2) is 10.6. The van der Waals surface area contributed by atoms with Gasteiger partial charge >= 0.3 is 0 Å². The highest BCUT2D eigenvalue weighted by molar-refractivity contribution is 5.93. The number of furan rings is 1. The van der Waals surface area contributed by atoms with Gasteiger partial charge in [-0.05, 0) is 48.5 Å². The van der Waals surface area contributed by atoms with E-state index < -0.39 is 0 Å². The van der Waals surface area contributed by atoms with Gasteiger partial charge in [0.15, 0.2) is 11.6 Å². The smallest absolute Gasteiger partial charge is 0.226 e. The predicted molar refractivity (Wildman–Crippen MR) is 128 cm³/mol. The van der Waals surface area contributed by atoms with E-state index in [1.807, 2.05) is 59.5 Å². The zero-order valence-corrected chi connectivity index (χ0v) is 18.7. The summed E-state index contributed by atoms with van der Waals surface area (Å²) in [5.41, 5.74) is 1.52. The summed E-state index contributed by atoms with van der Waals surface area (Å²) in [4.78, 5) is 24.1. The molecule has 0 aliphatic rings. The summed E-state index contributed by atoms with van der Waals surface area (Å²) in [7, 11) is 3.26. The van der Waals surface area contributed by atoms with Crippen LogP contribution < -0.4 is 15.0 Å². The van der Waals surface area contributed by atoms with Gasteiger partial charge in [0.2, 0.25) is 5.91 Å². The minimum atomic E-state index is -0.0906. The van der Waals surface area contributed by atoms with Gasteiger partial charge in [0, 0.05) is 37.7 Å². The first-order chi connectivity index (χ1) is 16.2. The summed E-state index contributed by atoms with van der Waals surface area (Å²) in [5, 5.41) is 3.83. The summed E-state index contributed by atoms with van der Waals surface area (Å²) in [6.45, 7) is 1.53. The number of aromatic nitrogens is 2. The first-order valence-corrected chi connectivity index (χ1v) is 10.7. The topological polar surface area (TPSA) is 89.7 Å². The van der Waals surface area contributed by atoms with Crippen LogP contribution in [0.2, 0.25) is 0 Å². The quantitative estimate of drug-likeness (QED) is 0.387. The molecule has 4 aromatic rings. The van der Waals surface area contributed by atoms with Crippen LogP contribution in [0, 0.1) is 0 Å². The van der Waals surface area contributed by atoms with Crippen LogP contribution in [-0.4, -0.2) is 49.8 Å². The second-order valence-corrected chi connectivity index (χ2v) is 7.37. The van der Waals surface area contributed by atoms with Crippen molar-refractivity contribution >= 4 is 28.3 Å². The van der Waals surface area contributed by atoms with Crippen LogP contribution in [-0.2, 0) is 9.53 Å². The molecule has 0 bridgehead atoms.